The number of hydrogen-bond donors (Lipinski definition) is 1. The first kappa shape index (κ1) is 25.6. The fourth-order valence-corrected chi connectivity index (χ4v) is 3.02. The Hall–Kier alpha value is -0.630. The topological polar surface area (TPSA) is 50.5 Å². The lowest BCUT2D eigenvalue weighted by molar-refractivity contribution is 0.0290. The Morgan fingerprint density at radius 3 is 1.88 bits per heavy atom. The largest absolute Gasteiger partial charge is 0.393 e. The first-order valence-corrected chi connectivity index (χ1v) is 9.92. The van der Waals surface area contributed by atoms with Crippen LogP contribution in [0.5, 0.6) is 0 Å². The van der Waals surface area contributed by atoms with E-state index in [2.05, 4.69) is 43.8 Å². The highest BCUT2D eigenvalue weighted by Crippen LogP contribution is 2.20. The molecule has 0 radical (unpaired) electrons. The molecular weight excluding hydrogens is 298 g/mol. The van der Waals surface area contributed by atoms with Crippen LogP contribution in [0.4, 0.5) is 0 Å². The summed E-state index contributed by atoms with van der Waals surface area (Å²) in [6, 6.07) is 3.42. The van der Waals surface area contributed by atoms with Crippen molar-refractivity contribution in [3.05, 3.63) is 0 Å². The second-order valence-corrected chi connectivity index (χ2v) is 6.55. The third-order valence-corrected chi connectivity index (χ3v) is 4.75. The van der Waals surface area contributed by atoms with Crippen molar-refractivity contribution in [2.75, 3.05) is 27.2 Å². The van der Waals surface area contributed by atoms with Gasteiger partial charge in [-0.1, -0.05) is 27.7 Å². The van der Waals surface area contributed by atoms with Crippen LogP contribution in [0.1, 0.15) is 73.6 Å². The Kier molecular flexibility index (Phi) is 16.9. The maximum atomic E-state index is 9.34. The minimum absolute atomic E-state index is 0.0683. The molecule has 0 aromatic carbocycles. The number of nitrogens with zero attached hydrogens (tertiary/aromatic N) is 3. The van der Waals surface area contributed by atoms with Crippen LogP contribution in [0.2, 0.25) is 0 Å². The minimum Gasteiger partial charge on any atom is -0.393 e. The molecule has 2 fully saturated rings. The van der Waals surface area contributed by atoms with Gasteiger partial charge in [0.2, 0.25) is 0 Å². The van der Waals surface area contributed by atoms with Gasteiger partial charge in [-0.2, -0.15) is 5.26 Å². The van der Waals surface area contributed by atoms with E-state index in [1.54, 1.807) is 0 Å². The van der Waals surface area contributed by atoms with Gasteiger partial charge in [-0.3, -0.25) is 0 Å². The van der Waals surface area contributed by atoms with Gasteiger partial charge >= 0.3 is 0 Å². The number of nitriles is 1. The molecule has 2 aliphatic heterocycles. The summed E-state index contributed by atoms with van der Waals surface area (Å²) in [5.74, 6) is 0.324. The summed E-state index contributed by atoms with van der Waals surface area (Å²) in [5.41, 5.74) is 0. The van der Waals surface area contributed by atoms with Gasteiger partial charge in [-0.05, 0) is 73.1 Å². The third-order valence-electron chi connectivity index (χ3n) is 4.75. The maximum Gasteiger partial charge on any atom is 0.0656 e. The van der Waals surface area contributed by atoms with Gasteiger partial charge in [0.25, 0.3) is 0 Å². The molecule has 4 heteroatoms. The van der Waals surface area contributed by atoms with E-state index in [9.17, 15) is 5.11 Å². The van der Waals surface area contributed by atoms with Gasteiger partial charge in [0.15, 0.2) is 0 Å². The van der Waals surface area contributed by atoms with Gasteiger partial charge in [-0.25, -0.2) is 0 Å². The fraction of sp³-hybridized carbons (Fsp3) is 0.950. The zero-order valence-corrected chi connectivity index (χ0v) is 17.5. The van der Waals surface area contributed by atoms with E-state index >= 15 is 0 Å². The van der Waals surface area contributed by atoms with E-state index < -0.39 is 0 Å². The molecule has 4 nitrogen and oxygen atoms in total. The first-order valence-electron chi connectivity index (χ1n) is 9.92. The summed E-state index contributed by atoms with van der Waals surface area (Å²) in [4.78, 5) is 4.63. The quantitative estimate of drug-likeness (QED) is 0.719. The van der Waals surface area contributed by atoms with E-state index in [-0.39, 0.29) is 6.10 Å². The van der Waals surface area contributed by atoms with E-state index in [1.807, 2.05) is 27.7 Å². The van der Waals surface area contributed by atoms with E-state index in [0.29, 0.717) is 18.0 Å². The molecule has 0 spiro atoms. The monoisotopic (exact) mass is 341 g/mol. The van der Waals surface area contributed by atoms with Crippen molar-refractivity contribution < 1.29 is 5.11 Å². The van der Waals surface area contributed by atoms with Crippen molar-refractivity contribution in [3.63, 3.8) is 0 Å². The second kappa shape index (κ2) is 15.9. The Morgan fingerprint density at radius 1 is 0.917 bits per heavy atom. The van der Waals surface area contributed by atoms with Gasteiger partial charge in [0.1, 0.15) is 0 Å². The highest BCUT2D eigenvalue weighted by atomic mass is 16.3. The molecule has 2 saturated heterocycles. The molecule has 144 valence electrons. The smallest absolute Gasteiger partial charge is 0.0656 e. The normalized spacial score (nSPS) is 30.8. The molecule has 0 aromatic heterocycles. The fourth-order valence-electron chi connectivity index (χ4n) is 3.02. The molecule has 2 rings (SSSR count). The van der Waals surface area contributed by atoms with Crippen molar-refractivity contribution in [1.29, 1.82) is 5.26 Å². The van der Waals surface area contributed by atoms with Crippen molar-refractivity contribution in [3.8, 4) is 6.07 Å². The van der Waals surface area contributed by atoms with Crippen molar-refractivity contribution in [2.45, 2.75) is 91.8 Å². The molecule has 2 aliphatic rings. The number of likely N-dealkylation sites (tertiary alicyclic amines) is 2. The van der Waals surface area contributed by atoms with Crippen molar-refractivity contribution in [1.82, 2.24) is 9.80 Å². The molecule has 4 atom stereocenters. The third kappa shape index (κ3) is 11.0. The maximum absolute atomic E-state index is 9.34. The zero-order valence-electron chi connectivity index (χ0n) is 17.5. The van der Waals surface area contributed by atoms with Crippen LogP contribution in [0.3, 0.4) is 0 Å². The lowest BCUT2D eigenvalue weighted by Crippen LogP contribution is -2.45. The van der Waals surface area contributed by atoms with Gasteiger partial charge in [-0.15, -0.1) is 0 Å². The number of rotatable bonds is 0. The lowest BCUT2D eigenvalue weighted by atomic mass is 9.96. The minimum atomic E-state index is -0.0683. The molecule has 0 aliphatic carbocycles. The van der Waals surface area contributed by atoms with Gasteiger partial charge < -0.3 is 14.9 Å². The summed E-state index contributed by atoms with van der Waals surface area (Å²) in [5, 5.41) is 18.0. The molecule has 0 saturated carbocycles. The SMILES string of the molecule is CC.CC.CC1CC(O)C[C@@H](C)N1C.CN1CCCC(C#N)CC1. The first-order chi connectivity index (χ1) is 11.4. The van der Waals surface area contributed by atoms with E-state index in [0.717, 1.165) is 38.8 Å². The summed E-state index contributed by atoms with van der Waals surface area (Å²) < 4.78 is 0. The number of piperidine rings is 1. The summed E-state index contributed by atoms with van der Waals surface area (Å²) in [6.07, 6.45) is 5.14. The molecule has 0 amide bonds. The Morgan fingerprint density at radius 2 is 1.42 bits per heavy atom. The van der Waals surface area contributed by atoms with E-state index in [4.69, 9.17) is 5.26 Å². The number of aliphatic hydroxyl groups excluding tert-OH is 1. The molecular formula is C20H43N3O. The van der Waals surface area contributed by atoms with Gasteiger partial charge in [0.05, 0.1) is 12.2 Å². The van der Waals surface area contributed by atoms with Crippen LogP contribution in [0, 0.1) is 17.2 Å². The predicted molar refractivity (Wildman–Crippen MR) is 105 cm³/mol. The Balaban J connectivity index is 0. The second-order valence-electron chi connectivity index (χ2n) is 6.55. The molecule has 2 heterocycles. The van der Waals surface area contributed by atoms with Crippen LogP contribution in [-0.2, 0) is 0 Å². The van der Waals surface area contributed by atoms with Crippen molar-refractivity contribution in [2.24, 2.45) is 5.92 Å². The molecule has 1 N–H and O–H groups in total. The van der Waals surface area contributed by atoms with Crippen LogP contribution >= 0.6 is 0 Å². The van der Waals surface area contributed by atoms with Crippen LogP contribution in [-0.4, -0.2) is 60.3 Å². The summed E-state index contributed by atoms with van der Waals surface area (Å²) >= 11 is 0. The average molecular weight is 342 g/mol. The van der Waals surface area contributed by atoms with Gasteiger partial charge in [0, 0.05) is 18.0 Å². The molecule has 0 bridgehead atoms. The highest BCUT2D eigenvalue weighted by Gasteiger charge is 2.26. The van der Waals surface area contributed by atoms with Crippen LogP contribution in [0.25, 0.3) is 0 Å². The Labute approximate surface area is 151 Å². The molecule has 3 unspecified atom stereocenters. The van der Waals surface area contributed by atoms with Crippen LogP contribution < -0.4 is 0 Å². The molecule has 0 aromatic rings. The standard InChI is InChI=1S/C8H14N2.C8H17NO.2C2H6/c1-10-5-2-3-8(7-9)4-6-10;1-6-4-8(10)5-7(2)9(6)3;2*1-2/h8H,2-6H2,1H3;6-8,10H,4-5H2,1-3H3;2*1-2H3/t;6-,7?,8?;;/m.1../s1. The zero-order chi connectivity index (χ0) is 19.1. The summed E-state index contributed by atoms with van der Waals surface area (Å²) in [7, 11) is 4.25. The predicted octanol–water partition coefficient (Wildman–Crippen LogP) is 4.14. The van der Waals surface area contributed by atoms with Crippen LogP contribution in [0.15, 0.2) is 0 Å². The van der Waals surface area contributed by atoms with Crippen molar-refractivity contribution >= 4 is 0 Å². The highest BCUT2D eigenvalue weighted by molar-refractivity contribution is 4.85. The number of aliphatic hydroxyl groups is 1. The Bertz CT molecular complexity index is 304. The molecule has 24 heavy (non-hydrogen) atoms. The summed E-state index contributed by atoms with van der Waals surface area (Å²) in [6.45, 7) is 14.6. The lowest BCUT2D eigenvalue weighted by Gasteiger charge is -2.38. The average Bonchev–Trinajstić information content (AvgIpc) is 2.81. The number of hydrogen-bond acceptors (Lipinski definition) is 4. The van der Waals surface area contributed by atoms with E-state index in [1.165, 1.54) is 6.42 Å².